The second-order valence-corrected chi connectivity index (χ2v) is 8.59. The van der Waals surface area contributed by atoms with Crippen LogP contribution in [-0.2, 0) is 0 Å². The molecular weight excluding hydrogens is 379 g/mol. The van der Waals surface area contributed by atoms with E-state index in [0.717, 1.165) is 38.2 Å². The fraction of sp³-hybridized carbons (Fsp3) is 0.444. The maximum absolute atomic E-state index is 14.8. The lowest BCUT2D eigenvalue weighted by Crippen LogP contribution is -2.26. The molecule has 2 saturated carbocycles. The quantitative estimate of drug-likeness (QED) is 0.821. The molecule has 0 aliphatic heterocycles. The number of fused-ring (bicyclic) bond motifs is 1. The minimum Gasteiger partial charge on any atom is -0.477 e. The second kappa shape index (κ2) is 6.55. The van der Waals surface area contributed by atoms with Gasteiger partial charge in [0.15, 0.2) is 0 Å². The minimum atomic E-state index is -1.32. The van der Waals surface area contributed by atoms with Gasteiger partial charge in [0.2, 0.25) is 5.43 Å². The topological polar surface area (TPSA) is 85.3 Å². The molecule has 8 heteroatoms. The van der Waals surface area contributed by atoms with Crippen LogP contribution >= 0.6 is 23.4 Å². The second-order valence-electron chi connectivity index (χ2n) is 6.96. The number of hydrogen-bond donors (Lipinski definition) is 2. The van der Waals surface area contributed by atoms with E-state index in [0.29, 0.717) is 10.4 Å². The molecule has 2 atom stereocenters. The molecule has 0 bridgehead atoms. The van der Waals surface area contributed by atoms with Gasteiger partial charge in [-0.05, 0) is 31.7 Å². The van der Waals surface area contributed by atoms with Crippen molar-refractivity contribution in [3.63, 3.8) is 0 Å². The van der Waals surface area contributed by atoms with E-state index >= 15 is 0 Å². The summed E-state index contributed by atoms with van der Waals surface area (Å²) >= 11 is 7.87. The number of thioether (sulfide) groups is 1. The predicted octanol–water partition coefficient (Wildman–Crippen LogP) is 3.80. The highest BCUT2D eigenvalue weighted by Gasteiger charge is 2.31. The van der Waals surface area contributed by atoms with Gasteiger partial charge in [-0.3, -0.25) is 4.79 Å². The van der Waals surface area contributed by atoms with E-state index in [-0.39, 0.29) is 33.3 Å². The minimum absolute atomic E-state index is 0.00817. The highest BCUT2D eigenvalue weighted by molar-refractivity contribution is 8.00. The summed E-state index contributed by atoms with van der Waals surface area (Å²) in [5, 5.41) is 9.57. The molecule has 1 aromatic carbocycles. The van der Waals surface area contributed by atoms with Crippen LogP contribution in [0, 0.1) is 5.82 Å². The number of nitrogens with zero attached hydrogens (tertiary/aromatic N) is 1. The van der Waals surface area contributed by atoms with Gasteiger partial charge in [-0.2, -0.15) is 0 Å². The molecule has 0 spiro atoms. The maximum atomic E-state index is 14.8. The van der Waals surface area contributed by atoms with Crippen molar-refractivity contribution in [3.05, 3.63) is 38.9 Å². The summed E-state index contributed by atoms with van der Waals surface area (Å²) in [7, 11) is 0. The first-order valence-corrected chi connectivity index (χ1v) is 9.86. The number of carbonyl (C=O) groups is 1. The first kappa shape index (κ1) is 17.8. The number of pyridine rings is 1. The third-order valence-electron chi connectivity index (χ3n) is 5.11. The lowest BCUT2D eigenvalue weighted by atomic mass is 10.1. The van der Waals surface area contributed by atoms with Crippen LogP contribution in [0.3, 0.4) is 0 Å². The first-order chi connectivity index (χ1) is 12.4. The van der Waals surface area contributed by atoms with Crippen molar-refractivity contribution >= 4 is 40.2 Å². The zero-order valence-corrected chi connectivity index (χ0v) is 15.4. The Bertz CT molecular complexity index is 973. The SMILES string of the molecule is N[C@@H]1CCC[C@H]1Sc1c(F)cc2c(=O)c(C(=O)O)cn(C3CC3)c2c1Cl. The average Bonchev–Trinajstić information content (AvgIpc) is 3.35. The summed E-state index contributed by atoms with van der Waals surface area (Å²) < 4.78 is 16.5. The van der Waals surface area contributed by atoms with Crippen molar-refractivity contribution < 1.29 is 14.3 Å². The molecule has 1 aromatic heterocycles. The summed E-state index contributed by atoms with van der Waals surface area (Å²) in [4.78, 5) is 24.2. The Morgan fingerprint density at radius 1 is 1.35 bits per heavy atom. The lowest BCUT2D eigenvalue weighted by Gasteiger charge is -2.19. The number of rotatable bonds is 4. The molecule has 4 rings (SSSR count). The standard InChI is InChI=1S/C18H18ClFN2O3S/c19-14-15-9(6-11(20)17(14)26-13-3-1-2-12(13)21)16(23)10(18(24)25)7-22(15)8-4-5-8/h6-8,12-13H,1-5,21H2,(H,24,25)/t12-,13-/m1/s1. The molecule has 5 nitrogen and oxygen atoms in total. The summed E-state index contributed by atoms with van der Waals surface area (Å²) in [5.74, 6) is -1.92. The van der Waals surface area contributed by atoms with Gasteiger partial charge in [0.05, 0.1) is 20.8 Å². The van der Waals surface area contributed by atoms with Crippen molar-refractivity contribution in [2.24, 2.45) is 5.73 Å². The third kappa shape index (κ3) is 2.92. The highest BCUT2D eigenvalue weighted by atomic mass is 35.5. The number of benzene rings is 1. The number of nitrogens with two attached hydrogens (primary N) is 1. The molecule has 3 N–H and O–H groups in total. The first-order valence-electron chi connectivity index (χ1n) is 8.61. The number of carboxylic acid groups (broad SMARTS) is 1. The van der Waals surface area contributed by atoms with Crippen molar-refractivity contribution in [3.8, 4) is 0 Å². The number of hydrogen-bond acceptors (Lipinski definition) is 4. The molecule has 0 saturated heterocycles. The fourth-order valence-corrected chi connectivity index (χ4v) is 5.27. The normalized spacial score (nSPS) is 22.9. The van der Waals surface area contributed by atoms with Gasteiger partial charge in [0, 0.05) is 23.5 Å². The third-order valence-corrected chi connectivity index (χ3v) is 7.11. The van der Waals surface area contributed by atoms with Gasteiger partial charge in [0.1, 0.15) is 11.4 Å². The molecule has 2 fully saturated rings. The van der Waals surface area contributed by atoms with Crippen LogP contribution in [0.4, 0.5) is 4.39 Å². The average molecular weight is 397 g/mol. The van der Waals surface area contributed by atoms with E-state index in [1.54, 1.807) is 4.57 Å². The monoisotopic (exact) mass is 396 g/mol. The van der Waals surface area contributed by atoms with Crippen LogP contribution in [0.1, 0.15) is 48.5 Å². The molecule has 26 heavy (non-hydrogen) atoms. The van der Waals surface area contributed by atoms with Crippen molar-refractivity contribution in [2.75, 3.05) is 0 Å². The van der Waals surface area contributed by atoms with Crippen LogP contribution < -0.4 is 11.2 Å². The maximum Gasteiger partial charge on any atom is 0.341 e. The van der Waals surface area contributed by atoms with Gasteiger partial charge in [-0.15, -0.1) is 11.8 Å². The van der Waals surface area contributed by atoms with Crippen LogP contribution in [0.15, 0.2) is 22.0 Å². The molecule has 0 amide bonds. The van der Waals surface area contributed by atoms with E-state index in [1.807, 2.05) is 0 Å². The van der Waals surface area contributed by atoms with Crippen molar-refractivity contribution in [1.29, 1.82) is 0 Å². The molecule has 0 radical (unpaired) electrons. The molecular formula is C18H18ClFN2O3S. The van der Waals surface area contributed by atoms with Crippen LogP contribution in [0.2, 0.25) is 5.02 Å². The Balaban J connectivity index is 1.93. The molecule has 1 heterocycles. The van der Waals surface area contributed by atoms with Gasteiger partial charge >= 0.3 is 5.97 Å². The Morgan fingerprint density at radius 2 is 2.08 bits per heavy atom. The van der Waals surface area contributed by atoms with Gasteiger partial charge in [-0.25, -0.2) is 9.18 Å². The Hall–Kier alpha value is -1.57. The van der Waals surface area contributed by atoms with E-state index in [2.05, 4.69) is 0 Å². The molecule has 2 aliphatic rings. The fourth-order valence-electron chi connectivity index (χ4n) is 3.58. The van der Waals surface area contributed by atoms with Crippen molar-refractivity contribution in [1.82, 2.24) is 4.57 Å². The van der Waals surface area contributed by atoms with Crippen LogP contribution in [0.25, 0.3) is 10.9 Å². The lowest BCUT2D eigenvalue weighted by molar-refractivity contribution is 0.0695. The summed E-state index contributed by atoms with van der Waals surface area (Å²) in [6.07, 6.45) is 5.89. The highest BCUT2D eigenvalue weighted by Crippen LogP contribution is 2.44. The molecule has 2 aliphatic carbocycles. The summed E-state index contributed by atoms with van der Waals surface area (Å²) in [6.45, 7) is 0. The van der Waals surface area contributed by atoms with E-state index < -0.39 is 17.2 Å². The van der Waals surface area contributed by atoms with Crippen molar-refractivity contribution in [2.45, 2.75) is 54.3 Å². The van der Waals surface area contributed by atoms with Gasteiger partial charge in [-0.1, -0.05) is 18.0 Å². The number of aromatic nitrogens is 1. The van der Waals surface area contributed by atoms with Gasteiger partial charge < -0.3 is 15.4 Å². The largest absolute Gasteiger partial charge is 0.477 e. The predicted molar refractivity (Wildman–Crippen MR) is 99.9 cm³/mol. The van der Waals surface area contributed by atoms with Crippen LogP contribution in [0.5, 0.6) is 0 Å². The Kier molecular flexibility index (Phi) is 4.49. The summed E-state index contributed by atoms with van der Waals surface area (Å²) in [5.41, 5.74) is 5.44. The number of aromatic carboxylic acids is 1. The molecule has 0 unspecified atom stereocenters. The Morgan fingerprint density at radius 3 is 2.65 bits per heavy atom. The number of carboxylic acids is 1. The van der Waals surface area contributed by atoms with Gasteiger partial charge in [0.25, 0.3) is 0 Å². The van der Waals surface area contributed by atoms with E-state index in [9.17, 15) is 19.1 Å². The Labute approximate surface area is 158 Å². The zero-order valence-electron chi connectivity index (χ0n) is 13.9. The molecule has 2 aromatic rings. The van der Waals surface area contributed by atoms with E-state index in [1.165, 1.54) is 18.0 Å². The van der Waals surface area contributed by atoms with Crippen LogP contribution in [-0.4, -0.2) is 26.9 Å². The zero-order chi connectivity index (χ0) is 18.6. The number of halogens is 2. The summed E-state index contributed by atoms with van der Waals surface area (Å²) in [6, 6.07) is 1.20. The van der Waals surface area contributed by atoms with E-state index in [4.69, 9.17) is 17.3 Å². The smallest absolute Gasteiger partial charge is 0.341 e. The molecule has 138 valence electrons.